The van der Waals surface area contributed by atoms with Gasteiger partial charge in [0.1, 0.15) is 31.9 Å². The maximum absolute atomic E-state index is 13.7. The molecule has 9 nitrogen and oxygen atoms in total. The molecule has 1 aromatic rings. The van der Waals surface area contributed by atoms with Gasteiger partial charge < -0.3 is 24.0 Å². The van der Waals surface area contributed by atoms with Gasteiger partial charge in [0, 0.05) is 0 Å². The molecule has 3 aliphatic rings. The Hall–Kier alpha value is -2.20. The number of rotatable bonds is 6. The van der Waals surface area contributed by atoms with Crippen LogP contribution < -0.4 is 14.5 Å². The molecule has 4 rings (SSSR count). The molecular formula is C21H32N4O5+2. The summed E-state index contributed by atoms with van der Waals surface area (Å²) in [4.78, 5) is 32.8. The van der Waals surface area contributed by atoms with Crippen molar-refractivity contribution in [2.24, 2.45) is 0 Å². The number of amides is 3. The first kappa shape index (κ1) is 21.0. The minimum absolute atomic E-state index is 0.163. The van der Waals surface area contributed by atoms with Crippen molar-refractivity contribution in [3.8, 4) is 5.75 Å². The Morgan fingerprint density at radius 2 is 1.47 bits per heavy atom. The first-order valence-electron chi connectivity index (χ1n) is 10.6. The summed E-state index contributed by atoms with van der Waals surface area (Å²) in [6, 6.07) is 7.24. The fraction of sp³-hybridized carbons (Fsp3) is 0.619. The van der Waals surface area contributed by atoms with E-state index in [9.17, 15) is 9.59 Å². The highest BCUT2D eigenvalue weighted by Gasteiger charge is 2.57. The van der Waals surface area contributed by atoms with Gasteiger partial charge in [-0.25, -0.2) is 9.69 Å². The van der Waals surface area contributed by atoms with E-state index in [0.717, 1.165) is 37.5 Å². The minimum atomic E-state index is -1.04. The van der Waals surface area contributed by atoms with E-state index < -0.39 is 5.54 Å². The number of nitrogens with one attached hydrogen (secondary N) is 2. The predicted molar refractivity (Wildman–Crippen MR) is 107 cm³/mol. The Bertz CT molecular complexity index is 761. The number of benzene rings is 1. The Morgan fingerprint density at radius 1 is 0.933 bits per heavy atom. The molecular weight excluding hydrogens is 388 g/mol. The fourth-order valence-electron chi connectivity index (χ4n) is 4.45. The zero-order valence-corrected chi connectivity index (χ0v) is 17.8. The van der Waals surface area contributed by atoms with Crippen LogP contribution in [0.3, 0.4) is 0 Å². The van der Waals surface area contributed by atoms with Crippen molar-refractivity contribution >= 4 is 11.9 Å². The third kappa shape index (κ3) is 3.90. The SMILES string of the molecule is COc1ccc([C@@]2(C)C(=O)N(C[NH+]3CCOCC3)C(=O)N2C[NH+]2CCOCC2)cc1. The molecule has 0 aromatic heterocycles. The van der Waals surface area contributed by atoms with Gasteiger partial charge >= 0.3 is 6.03 Å². The molecule has 9 heteroatoms. The molecule has 3 amide bonds. The number of morpholine rings is 2. The molecule has 0 bridgehead atoms. The number of urea groups is 1. The first-order valence-corrected chi connectivity index (χ1v) is 10.6. The van der Waals surface area contributed by atoms with E-state index in [1.807, 2.05) is 31.2 Å². The highest BCUT2D eigenvalue weighted by Crippen LogP contribution is 2.36. The quantitative estimate of drug-likeness (QED) is 0.517. The van der Waals surface area contributed by atoms with E-state index in [2.05, 4.69) is 0 Å². The van der Waals surface area contributed by atoms with Gasteiger partial charge in [-0.2, -0.15) is 0 Å². The van der Waals surface area contributed by atoms with E-state index in [0.29, 0.717) is 39.8 Å². The monoisotopic (exact) mass is 420 g/mol. The van der Waals surface area contributed by atoms with Gasteiger partial charge in [0.05, 0.1) is 33.5 Å². The first-order chi connectivity index (χ1) is 14.5. The molecule has 1 atom stereocenters. The van der Waals surface area contributed by atoms with Gasteiger partial charge in [-0.05, 0) is 24.6 Å². The van der Waals surface area contributed by atoms with Crippen LogP contribution in [0, 0.1) is 0 Å². The van der Waals surface area contributed by atoms with Crippen molar-refractivity contribution in [3.63, 3.8) is 0 Å². The average molecular weight is 421 g/mol. The van der Waals surface area contributed by atoms with Crippen LogP contribution in [0.25, 0.3) is 0 Å². The standard InChI is InChI=1S/C21H30N4O5/c1-21(17-3-5-18(28-2)6-4-17)19(26)24(15-22-7-11-29-12-8-22)20(27)25(21)16-23-9-13-30-14-10-23/h3-6H,7-16H2,1-2H3/p+2/t21-/m0/s1. The highest BCUT2D eigenvalue weighted by molar-refractivity contribution is 6.07. The van der Waals surface area contributed by atoms with Crippen LogP contribution in [0.2, 0.25) is 0 Å². The number of imide groups is 1. The molecule has 164 valence electrons. The second-order valence-electron chi connectivity index (χ2n) is 8.29. The summed E-state index contributed by atoms with van der Waals surface area (Å²) in [6.45, 7) is 8.62. The number of hydrogen-bond donors (Lipinski definition) is 2. The van der Waals surface area contributed by atoms with E-state index in [1.54, 1.807) is 12.0 Å². The van der Waals surface area contributed by atoms with Gasteiger partial charge in [-0.15, -0.1) is 0 Å². The molecule has 3 aliphatic heterocycles. The van der Waals surface area contributed by atoms with Gasteiger partial charge in [-0.3, -0.25) is 9.69 Å². The topological polar surface area (TPSA) is 77.2 Å². The third-order valence-corrected chi connectivity index (χ3v) is 6.48. The Labute approximate surface area is 177 Å². The largest absolute Gasteiger partial charge is 0.497 e. The summed E-state index contributed by atoms with van der Waals surface area (Å²) in [6.07, 6.45) is 0. The fourth-order valence-corrected chi connectivity index (χ4v) is 4.45. The molecule has 2 N–H and O–H groups in total. The minimum Gasteiger partial charge on any atom is -0.497 e. The molecule has 0 unspecified atom stereocenters. The van der Waals surface area contributed by atoms with Crippen LogP contribution in [-0.4, -0.2) is 94.8 Å². The smallest absolute Gasteiger partial charge is 0.336 e. The van der Waals surface area contributed by atoms with Gasteiger partial charge in [0.2, 0.25) is 0 Å². The number of ether oxygens (including phenoxy) is 3. The van der Waals surface area contributed by atoms with Crippen molar-refractivity contribution in [2.45, 2.75) is 12.5 Å². The molecule has 3 fully saturated rings. The lowest BCUT2D eigenvalue weighted by atomic mass is 9.90. The third-order valence-electron chi connectivity index (χ3n) is 6.48. The predicted octanol–water partition coefficient (Wildman–Crippen LogP) is -2.08. The molecule has 0 radical (unpaired) electrons. The maximum Gasteiger partial charge on any atom is 0.336 e. The average Bonchev–Trinajstić information content (AvgIpc) is 2.97. The number of quaternary nitrogens is 2. The highest BCUT2D eigenvalue weighted by atomic mass is 16.5. The summed E-state index contributed by atoms with van der Waals surface area (Å²) in [7, 11) is 1.61. The van der Waals surface area contributed by atoms with Crippen LogP contribution >= 0.6 is 0 Å². The van der Waals surface area contributed by atoms with Gasteiger partial charge in [-0.1, -0.05) is 12.1 Å². The lowest BCUT2D eigenvalue weighted by molar-refractivity contribution is -0.918. The van der Waals surface area contributed by atoms with Gasteiger partial charge in [0.15, 0.2) is 18.9 Å². The van der Waals surface area contributed by atoms with E-state index >= 15 is 0 Å². The van der Waals surface area contributed by atoms with Crippen LogP contribution in [0.4, 0.5) is 4.79 Å². The molecule has 0 aliphatic carbocycles. The summed E-state index contributed by atoms with van der Waals surface area (Å²) in [5.41, 5.74) is -0.241. The molecule has 0 spiro atoms. The van der Waals surface area contributed by atoms with Gasteiger partial charge in [0.25, 0.3) is 5.91 Å². The summed E-state index contributed by atoms with van der Waals surface area (Å²) >= 11 is 0. The van der Waals surface area contributed by atoms with Crippen molar-refractivity contribution in [3.05, 3.63) is 29.8 Å². The molecule has 3 saturated heterocycles. The number of carbonyl (C=O) groups is 2. The summed E-state index contributed by atoms with van der Waals surface area (Å²) in [5.74, 6) is 0.559. The Kier molecular flexibility index (Phi) is 6.24. The maximum atomic E-state index is 13.7. The Balaban J connectivity index is 1.63. The molecule has 3 heterocycles. The molecule has 30 heavy (non-hydrogen) atoms. The molecule has 1 aromatic carbocycles. The van der Waals surface area contributed by atoms with Crippen LogP contribution in [0.1, 0.15) is 12.5 Å². The van der Waals surface area contributed by atoms with Crippen molar-refractivity contribution in [1.82, 2.24) is 9.80 Å². The lowest BCUT2D eigenvalue weighted by Gasteiger charge is -2.35. The van der Waals surface area contributed by atoms with E-state index in [1.165, 1.54) is 14.7 Å². The van der Waals surface area contributed by atoms with Crippen LogP contribution in [0.15, 0.2) is 24.3 Å². The van der Waals surface area contributed by atoms with E-state index in [-0.39, 0.29) is 11.9 Å². The zero-order valence-electron chi connectivity index (χ0n) is 17.8. The number of carbonyl (C=O) groups excluding carboxylic acids is 2. The second-order valence-corrected chi connectivity index (χ2v) is 8.29. The van der Waals surface area contributed by atoms with E-state index in [4.69, 9.17) is 14.2 Å². The second kappa shape index (κ2) is 8.89. The number of hydrogen-bond acceptors (Lipinski definition) is 5. The van der Waals surface area contributed by atoms with Crippen molar-refractivity contribution < 1.29 is 33.6 Å². The normalized spacial score (nSPS) is 26.5. The lowest BCUT2D eigenvalue weighted by Crippen LogP contribution is -3.16. The Morgan fingerprint density at radius 3 is 2.00 bits per heavy atom. The zero-order chi connectivity index (χ0) is 21.1. The number of nitrogens with zero attached hydrogens (tertiary/aromatic N) is 2. The summed E-state index contributed by atoms with van der Waals surface area (Å²) < 4.78 is 16.2. The van der Waals surface area contributed by atoms with Crippen LogP contribution in [0.5, 0.6) is 5.75 Å². The van der Waals surface area contributed by atoms with Crippen molar-refractivity contribution in [2.75, 3.05) is 73.1 Å². The number of methoxy groups -OCH3 is 1. The van der Waals surface area contributed by atoms with Crippen molar-refractivity contribution in [1.29, 1.82) is 0 Å². The summed E-state index contributed by atoms with van der Waals surface area (Å²) in [5, 5.41) is 0. The molecule has 0 saturated carbocycles. The van der Waals surface area contributed by atoms with Crippen LogP contribution in [-0.2, 0) is 19.8 Å².